The quantitative estimate of drug-likeness (QED) is 0.787. The lowest BCUT2D eigenvalue weighted by Crippen LogP contribution is -2.48. The van der Waals surface area contributed by atoms with Gasteiger partial charge in [-0.3, -0.25) is 15.1 Å². The fourth-order valence-corrected chi connectivity index (χ4v) is 5.33. The van der Waals surface area contributed by atoms with Gasteiger partial charge in [-0.05, 0) is 25.3 Å². The number of fused-ring (bicyclic) bond motifs is 1. The number of methoxy groups -OCH3 is 1. The van der Waals surface area contributed by atoms with Gasteiger partial charge in [-0.25, -0.2) is 4.39 Å². The number of allylic oxidation sites excluding steroid dienone is 4. The van der Waals surface area contributed by atoms with Gasteiger partial charge in [-0.15, -0.1) is 0 Å². The molecule has 1 saturated carbocycles. The van der Waals surface area contributed by atoms with E-state index in [1.807, 2.05) is 12.1 Å². The Morgan fingerprint density at radius 2 is 2.29 bits per heavy atom. The second-order valence-electron chi connectivity index (χ2n) is 7.21. The largest absolute Gasteiger partial charge is 0.381 e. The van der Waals surface area contributed by atoms with E-state index in [-0.39, 0.29) is 23.7 Å². The molecule has 0 spiro atoms. The van der Waals surface area contributed by atoms with Crippen LogP contribution >= 0.6 is 11.8 Å². The Balaban J connectivity index is 1.67. The molecule has 1 aromatic rings. The molecular formula is C22H22FN2O2S+. The van der Waals surface area contributed by atoms with Crippen molar-refractivity contribution in [3.8, 4) is 0 Å². The summed E-state index contributed by atoms with van der Waals surface area (Å²) < 4.78 is 20.4. The molecule has 1 aliphatic heterocycles. The van der Waals surface area contributed by atoms with Crippen molar-refractivity contribution in [2.75, 3.05) is 12.9 Å². The molecule has 28 heavy (non-hydrogen) atoms. The number of ether oxygens (including phenoxy) is 1. The molecule has 0 aromatic heterocycles. The second kappa shape index (κ2) is 8.00. The van der Waals surface area contributed by atoms with Crippen LogP contribution < -0.4 is 5.32 Å². The number of rotatable bonds is 3. The Bertz CT molecular complexity index is 892. The van der Waals surface area contributed by atoms with E-state index >= 15 is 0 Å². The molecule has 144 valence electrons. The molecule has 4 nitrogen and oxygen atoms in total. The smallest absolute Gasteiger partial charge is 0.314 e. The molecule has 1 aromatic carbocycles. The summed E-state index contributed by atoms with van der Waals surface area (Å²) in [6.45, 7) is 0. The van der Waals surface area contributed by atoms with E-state index < -0.39 is 5.54 Å². The van der Waals surface area contributed by atoms with Crippen molar-refractivity contribution in [3.63, 3.8) is 0 Å². The van der Waals surface area contributed by atoms with Crippen LogP contribution in [0.5, 0.6) is 0 Å². The van der Waals surface area contributed by atoms with Gasteiger partial charge >= 0.3 is 5.91 Å². The molecule has 1 amide bonds. The molecule has 3 aliphatic rings. The number of aliphatic imine (C=N–C) groups is 1. The van der Waals surface area contributed by atoms with Gasteiger partial charge in [0.15, 0.2) is 10.7 Å². The molecule has 1 N–H and O–H groups in total. The van der Waals surface area contributed by atoms with Crippen molar-refractivity contribution < 1.29 is 13.9 Å². The third-order valence-corrected chi connectivity index (χ3v) is 6.69. The van der Waals surface area contributed by atoms with Gasteiger partial charge in [-0.1, -0.05) is 30.0 Å². The fraction of sp³-hybridized carbons (Fsp3) is 0.364. The third-order valence-electron chi connectivity index (χ3n) is 5.66. The highest BCUT2D eigenvalue weighted by molar-refractivity contribution is 8.13. The maximum Gasteiger partial charge on any atom is 0.314 e. The molecule has 1 heterocycles. The van der Waals surface area contributed by atoms with Gasteiger partial charge in [0.2, 0.25) is 0 Å². The van der Waals surface area contributed by atoms with E-state index in [1.165, 1.54) is 17.8 Å². The predicted molar refractivity (Wildman–Crippen MR) is 109 cm³/mol. The number of amidine groups is 1. The number of nitrogens with zero attached hydrogens (tertiary/aromatic N) is 1. The number of carbonyl (C=O) groups excluding carboxylic acids is 1. The molecule has 1 unspecified atom stereocenters. The molecule has 0 radical (unpaired) electrons. The number of hydrogen-bond donors (Lipinski definition) is 1. The Hall–Kier alpha value is -2.27. The first-order valence-corrected chi connectivity index (χ1v) is 10.4. The average Bonchev–Trinajstić information content (AvgIpc) is 2.74. The number of carbonyl (C=O) groups is 1. The van der Waals surface area contributed by atoms with E-state index in [1.54, 1.807) is 37.5 Å². The minimum Gasteiger partial charge on any atom is -0.381 e. The van der Waals surface area contributed by atoms with Crippen LogP contribution in [0, 0.1) is 17.8 Å². The van der Waals surface area contributed by atoms with Crippen molar-refractivity contribution in [2.45, 2.75) is 30.9 Å². The monoisotopic (exact) mass is 397 g/mol. The Labute approximate surface area is 168 Å². The van der Waals surface area contributed by atoms with E-state index in [2.05, 4.69) is 11.4 Å². The molecule has 0 saturated heterocycles. The summed E-state index contributed by atoms with van der Waals surface area (Å²) in [6, 6.07) is 6.85. The molecular weight excluding hydrogens is 375 g/mol. The van der Waals surface area contributed by atoms with Crippen molar-refractivity contribution >= 4 is 22.8 Å². The van der Waals surface area contributed by atoms with Crippen LogP contribution in [-0.2, 0) is 15.1 Å². The van der Waals surface area contributed by atoms with Crippen molar-refractivity contribution in [3.05, 3.63) is 71.6 Å². The van der Waals surface area contributed by atoms with Crippen LogP contribution in [0.3, 0.4) is 0 Å². The maximum absolute atomic E-state index is 14.8. The van der Waals surface area contributed by atoms with E-state index in [9.17, 15) is 9.18 Å². The first-order valence-electron chi connectivity index (χ1n) is 9.40. The number of nitrogens with one attached hydrogen (secondary N) is 1. The first kappa shape index (κ1) is 19.1. The Morgan fingerprint density at radius 1 is 1.43 bits per heavy atom. The molecule has 3 atom stereocenters. The lowest BCUT2D eigenvalue weighted by Gasteiger charge is -2.46. The minimum absolute atomic E-state index is 0.152. The highest BCUT2D eigenvalue weighted by atomic mass is 32.2. The lowest BCUT2D eigenvalue weighted by molar-refractivity contribution is -0.115. The zero-order valence-corrected chi connectivity index (χ0v) is 16.5. The van der Waals surface area contributed by atoms with Crippen LogP contribution in [0.4, 0.5) is 4.39 Å². The molecule has 6 heteroatoms. The normalized spacial score (nSPS) is 28.6. The zero-order chi connectivity index (χ0) is 19.6. The second-order valence-corrected chi connectivity index (χ2v) is 8.22. The summed E-state index contributed by atoms with van der Waals surface area (Å²) in [5, 5.41) is 3.45. The Morgan fingerprint density at radius 3 is 3.04 bits per heavy atom. The highest BCUT2D eigenvalue weighted by Crippen LogP contribution is 2.50. The van der Waals surface area contributed by atoms with Crippen LogP contribution in [0.2, 0.25) is 0 Å². The standard InChI is InChI=1S/C22H21FN2O2S/c1-27-17-11-12-22(18-9-5-6-10-19(18)23)16(13-17)14-28-21(25-22)24-20(26)15-7-3-2-4-8-15/h2-3,5-10,16-17H,11-14H2,1H3/p+1/t16-,17-,22?/m0/s1. The highest BCUT2D eigenvalue weighted by Gasteiger charge is 2.48. The van der Waals surface area contributed by atoms with Crippen LogP contribution in [0.25, 0.3) is 0 Å². The fourth-order valence-electron chi connectivity index (χ4n) is 4.17. The molecule has 2 aliphatic carbocycles. The summed E-state index contributed by atoms with van der Waals surface area (Å²) >= 11 is 1.51. The van der Waals surface area contributed by atoms with E-state index in [0.29, 0.717) is 22.7 Å². The maximum atomic E-state index is 14.8. The summed E-state index contributed by atoms with van der Waals surface area (Å²) in [6.07, 6.45) is 12.3. The van der Waals surface area contributed by atoms with Crippen molar-refractivity contribution in [1.29, 1.82) is 0 Å². The number of thioether (sulfide) groups is 1. The zero-order valence-electron chi connectivity index (χ0n) is 15.7. The van der Waals surface area contributed by atoms with E-state index in [4.69, 9.17) is 9.73 Å². The minimum atomic E-state index is -0.670. The molecule has 0 bridgehead atoms. The topological polar surface area (TPSA) is 50.7 Å². The SMILES string of the molecule is CO[C@H]1CCC2(c3ccccc3F)N=C(NC(=O)C3=CC=C[C+]=C3)SC[C@@H]2C1. The van der Waals surface area contributed by atoms with Crippen molar-refractivity contribution in [2.24, 2.45) is 10.9 Å². The lowest BCUT2D eigenvalue weighted by atomic mass is 9.68. The van der Waals surface area contributed by atoms with Gasteiger partial charge < -0.3 is 4.74 Å². The average molecular weight is 397 g/mol. The first-order chi connectivity index (χ1) is 13.6. The summed E-state index contributed by atoms with van der Waals surface area (Å²) in [5.74, 6) is 0.436. The Kier molecular flexibility index (Phi) is 5.44. The van der Waals surface area contributed by atoms with Gasteiger partial charge in [-0.2, -0.15) is 0 Å². The predicted octanol–water partition coefficient (Wildman–Crippen LogP) is 3.91. The van der Waals surface area contributed by atoms with Gasteiger partial charge in [0.25, 0.3) is 0 Å². The number of halogens is 1. The summed E-state index contributed by atoms with van der Waals surface area (Å²) in [7, 11) is 1.72. The van der Waals surface area contributed by atoms with Gasteiger partial charge in [0.05, 0.1) is 17.7 Å². The van der Waals surface area contributed by atoms with Crippen LogP contribution in [0.1, 0.15) is 24.8 Å². The summed E-state index contributed by atoms with van der Waals surface area (Å²) in [4.78, 5) is 17.5. The van der Waals surface area contributed by atoms with Gasteiger partial charge in [0.1, 0.15) is 18.0 Å². The van der Waals surface area contributed by atoms with Gasteiger partial charge in [0, 0.05) is 36.5 Å². The van der Waals surface area contributed by atoms with Crippen LogP contribution in [0.15, 0.2) is 59.1 Å². The van der Waals surface area contributed by atoms with Crippen molar-refractivity contribution in [1.82, 2.24) is 5.32 Å². The van der Waals surface area contributed by atoms with Crippen LogP contribution in [-0.4, -0.2) is 30.0 Å². The number of benzene rings is 1. The van der Waals surface area contributed by atoms with E-state index in [0.717, 1.165) is 18.6 Å². The summed E-state index contributed by atoms with van der Waals surface area (Å²) in [5.41, 5.74) is 0.461. The molecule has 4 rings (SSSR count). The number of amides is 1. The molecule has 1 fully saturated rings. The third kappa shape index (κ3) is 3.55. The number of hydrogen-bond acceptors (Lipinski definition) is 4.